The van der Waals surface area contributed by atoms with Gasteiger partial charge in [-0.3, -0.25) is 9.89 Å². The van der Waals surface area contributed by atoms with E-state index in [1.807, 2.05) is 12.1 Å². The smallest absolute Gasteiger partial charge is 0.191 e. The first-order chi connectivity index (χ1) is 11.8. The average molecular weight is 454 g/mol. The van der Waals surface area contributed by atoms with Crippen molar-refractivity contribution in [1.82, 2.24) is 15.5 Å². The molecule has 0 unspecified atom stereocenters. The lowest BCUT2D eigenvalue weighted by Gasteiger charge is -2.28. The number of aliphatic imine (C=N–C) groups is 1. The van der Waals surface area contributed by atoms with Crippen molar-refractivity contribution >= 4 is 29.9 Å². The molecule has 2 N–H and O–H groups in total. The van der Waals surface area contributed by atoms with E-state index < -0.39 is 0 Å². The molecule has 0 amide bonds. The molecule has 0 aliphatic carbocycles. The number of guanidine groups is 1. The van der Waals surface area contributed by atoms with E-state index in [1.165, 1.54) is 11.1 Å². The van der Waals surface area contributed by atoms with E-state index in [0.29, 0.717) is 0 Å². The second-order valence-electron chi connectivity index (χ2n) is 6.05. The third-order valence-electron chi connectivity index (χ3n) is 4.40. The number of hydrogen-bond donors (Lipinski definition) is 2. The quantitative estimate of drug-likeness (QED) is 0.401. The Morgan fingerprint density at radius 1 is 1.12 bits per heavy atom. The van der Waals surface area contributed by atoms with Gasteiger partial charge >= 0.3 is 0 Å². The van der Waals surface area contributed by atoms with E-state index in [-0.39, 0.29) is 24.0 Å². The van der Waals surface area contributed by atoms with Gasteiger partial charge in [-0.15, -0.1) is 24.0 Å². The summed E-state index contributed by atoms with van der Waals surface area (Å²) in [5, 5.41) is 6.71. The Hall–Kier alpha value is -1.54. The Kier molecular flexibility index (Phi) is 8.27. The summed E-state index contributed by atoms with van der Waals surface area (Å²) in [5.74, 6) is 1.84. The van der Waals surface area contributed by atoms with Crippen molar-refractivity contribution in [2.45, 2.75) is 19.4 Å². The molecule has 1 aliphatic heterocycles. The number of hydrogen-bond acceptors (Lipinski definition) is 3. The number of furan rings is 1. The van der Waals surface area contributed by atoms with Crippen molar-refractivity contribution in [3.8, 4) is 0 Å². The van der Waals surface area contributed by atoms with Gasteiger partial charge in [-0.05, 0) is 29.7 Å². The molecule has 2 aromatic rings. The molecule has 0 radical (unpaired) electrons. The summed E-state index contributed by atoms with van der Waals surface area (Å²) in [6.45, 7) is 4.89. The molecule has 0 spiro atoms. The van der Waals surface area contributed by atoms with Crippen molar-refractivity contribution in [1.29, 1.82) is 0 Å². The van der Waals surface area contributed by atoms with Crippen LogP contribution in [0, 0.1) is 0 Å². The van der Waals surface area contributed by atoms with Crippen LogP contribution in [0.4, 0.5) is 0 Å². The standard InChI is InChI=1S/C19H26N4O.HI/c1-20-19(21-10-8-18-7-4-14-24-18)22-11-13-23-12-9-16-5-2-3-6-17(16)15-23;/h2-7,14H,8-13,15H2,1H3,(H2,20,21,22);1H. The Morgan fingerprint density at radius 3 is 2.68 bits per heavy atom. The highest BCUT2D eigenvalue weighted by Gasteiger charge is 2.14. The van der Waals surface area contributed by atoms with Crippen LogP contribution in [0.1, 0.15) is 16.9 Å². The second-order valence-corrected chi connectivity index (χ2v) is 6.05. The van der Waals surface area contributed by atoms with Gasteiger partial charge in [0.2, 0.25) is 0 Å². The third-order valence-corrected chi connectivity index (χ3v) is 4.40. The number of nitrogens with one attached hydrogen (secondary N) is 2. The number of halogens is 1. The summed E-state index contributed by atoms with van der Waals surface area (Å²) < 4.78 is 5.33. The molecule has 0 saturated heterocycles. The summed E-state index contributed by atoms with van der Waals surface area (Å²) in [6, 6.07) is 12.7. The molecule has 0 bridgehead atoms. The summed E-state index contributed by atoms with van der Waals surface area (Å²) in [5.41, 5.74) is 2.96. The largest absolute Gasteiger partial charge is 0.469 e. The van der Waals surface area contributed by atoms with Crippen molar-refractivity contribution in [2.75, 3.05) is 33.2 Å². The maximum absolute atomic E-state index is 5.33. The highest BCUT2D eigenvalue weighted by molar-refractivity contribution is 14.0. The first-order valence-corrected chi connectivity index (χ1v) is 8.61. The lowest BCUT2D eigenvalue weighted by Crippen LogP contribution is -2.43. The van der Waals surface area contributed by atoms with Crippen molar-refractivity contribution in [3.05, 3.63) is 59.5 Å². The van der Waals surface area contributed by atoms with Crippen molar-refractivity contribution < 1.29 is 4.42 Å². The van der Waals surface area contributed by atoms with Gasteiger partial charge in [-0.1, -0.05) is 24.3 Å². The lowest BCUT2D eigenvalue weighted by atomic mass is 10.00. The van der Waals surface area contributed by atoms with Gasteiger partial charge in [0.15, 0.2) is 5.96 Å². The SMILES string of the molecule is CN=C(NCCc1ccco1)NCCN1CCc2ccccc2C1.I. The first kappa shape index (κ1) is 19.8. The van der Waals surface area contributed by atoms with E-state index in [0.717, 1.165) is 57.3 Å². The third kappa shape index (κ3) is 6.04. The first-order valence-electron chi connectivity index (χ1n) is 8.61. The zero-order chi connectivity index (χ0) is 16.6. The van der Waals surface area contributed by atoms with Gasteiger partial charge in [0.05, 0.1) is 6.26 Å². The summed E-state index contributed by atoms with van der Waals surface area (Å²) >= 11 is 0. The number of nitrogens with zero attached hydrogens (tertiary/aromatic N) is 2. The van der Waals surface area contributed by atoms with Crippen LogP contribution in [0.25, 0.3) is 0 Å². The normalized spacial score (nSPS) is 14.5. The minimum absolute atomic E-state index is 0. The van der Waals surface area contributed by atoms with E-state index in [9.17, 15) is 0 Å². The second kappa shape index (κ2) is 10.5. The van der Waals surface area contributed by atoms with Crippen molar-refractivity contribution in [3.63, 3.8) is 0 Å². The maximum Gasteiger partial charge on any atom is 0.191 e. The van der Waals surface area contributed by atoms with E-state index in [4.69, 9.17) is 4.42 Å². The maximum atomic E-state index is 5.33. The van der Waals surface area contributed by atoms with Crippen LogP contribution in [0.3, 0.4) is 0 Å². The summed E-state index contributed by atoms with van der Waals surface area (Å²) in [7, 11) is 1.80. The highest BCUT2D eigenvalue weighted by atomic mass is 127. The molecule has 0 saturated carbocycles. The lowest BCUT2D eigenvalue weighted by molar-refractivity contribution is 0.258. The Morgan fingerprint density at radius 2 is 1.92 bits per heavy atom. The fraction of sp³-hybridized carbons (Fsp3) is 0.421. The molecular formula is C19H27IN4O. The van der Waals surface area contributed by atoms with Crippen LogP contribution >= 0.6 is 24.0 Å². The van der Waals surface area contributed by atoms with Gasteiger partial charge in [0.25, 0.3) is 0 Å². The van der Waals surface area contributed by atoms with Gasteiger partial charge < -0.3 is 15.1 Å². The van der Waals surface area contributed by atoms with Gasteiger partial charge in [-0.2, -0.15) is 0 Å². The summed E-state index contributed by atoms with van der Waals surface area (Å²) in [4.78, 5) is 6.76. The van der Waals surface area contributed by atoms with Gasteiger partial charge in [0, 0.05) is 46.2 Å². The Balaban J connectivity index is 0.00000225. The molecule has 136 valence electrons. The highest BCUT2D eigenvalue weighted by Crippen LogP contribution is 2.17. The van der Waals surface area contributed by atoms with Crippen LogP contribution in [0.15, 0.2) is 52.1 Å². The van der Waals surface area contributed by atoms with Crippen LogP contribution < -0.4 is 10.6 Å². The molecule has 0 atom stereocenters. The van der Waals surface area contributed by atoms with Gasteiger partial charge in [0.1, 0.15) is 5.76 Å². The zero-order valence-electron chi connectivity index (χ0n) is 14.7. The van der Waals surface area contributed by atoms with Crippen LogP contribution in [-0.4, -0.2) is 44.1 Å². The molecule has 6 heteroatoms. The van der Waals surface area contributed by atoms with Crippen LogP contribution in [-0.2, 0) is 19.4 Å². The molecule has 5 nitrogen and oxygen atoms in total. The van der Waals surface area contributed by atoms with E-state index >= 15 is 0 Å². The van der Waals surface area contributed by atoms with Crippen molar-refractivity contribution in [2.24, 2.45) is 4.99 Å². The summed E-state index contributed by atoms with van der Waals surface area (Å²) in [6.07, 6.45) is 3.71. The minimum Gasteiger partial charge on any atom is -0.469 e. The molecule has 1 aromatic carbocycles. The molecule has 2 heterocycles. The average Bonchev–Trinajstić information content (AvgIpc) is 3.13. The molecule has 0 fully saturated rings. The zero-order valence-corrected chi connectivity index (χ0v) is 17.0. The fourth-order valence-electron chi connectivity index (χ4n) is 3.06. The Labute approximate surface area is 166 Å². The molecule has 3 rings (SSSR count). The molecular weight excluding hydrogens is 427 g/mol. The monoisotopic (exact) mass is 454 g/mol. The molecule has 1 aromatic heterocycles. The Bertz CT molecular complexity index is 657. The molecule has 1 aliphatic rings. The number of fused-ring (bicyclic) bond motifs is 1. The predicted molar refractivity (Wildman–Crippen MR) is 113 cm³/mol. The minimum atomic E-state index is 0. The number of benzene rings is 1. The van der Waals surface area contributed by atoms with E-state index in [1.54, 1.807) is 13.3 Å². The van der Waals surface area contributed by atoms with Crippen LogP contribution in [0.2, 0.25) is 0 Å². The van der Waals surface area contributed by atoms with Gasteiger partial charge in [-0.25, -0.2) is 0 Å². The number of rotatable bonds is 6. The van der Waals surface area contributed by atoms with Crippen LogP contribution in [0.5, 0.6) is 0 Å². The predicted octanol–water partition coefficient (Wildman–Crippen LogP) is 2.66. The topological polar surface area (TPSA) is 52.8 Å². The molecule has 25 heavy (non-hydrogen) atoms. The van der Waals surface area contributed by atoms with E-state index in [2.05, 4.69) is 44.8 Å². The fourth-order valence-corrected chi connectivity index (χ4v) is 3.06.